The minimum Gasteiger partial charge on any atom is -0.313 e. The molecule has 0 radical (unpaired) electrons. The molecular formula is C18H22FN. The molecule has 106 valence electrons. The van der Waals surface area contributed by atoms with Gasteiger partial charge in [-0.15, -0.1) is 0 Å². The monoisotopic (exact) mass is 271 g/mol. The van der Waals surface area contributed by atoms with E-state index in [4.69, 9.17) is 0 Å². The summed E-state index contributed by atoms with van der Waals surface area (Å²) in [4.78, 5) is 0. The molecule has 0 aliphatic rings. The van der Waals surface area contributed by atoms with Gasteiger partial charge >= 0.3 is 0 Å². The zero-order chi connectivity index (χ0) is 14.5. The Labute approximate surface area is 120 Å². The maximum atomic E-state index is 13.4. The van der Waals surface area contributed by atoms with Gasteiger partial charge in [-0.25, -0.2) is 4.39 Å². The van der Waals surface area contributed by atoms with E-state index < -0.39 is 0 Å². The number of halogens is 1. The maximum Gasteiger partial charge on any atom is 0.123 e. The van der Waals surface area contributed by atoms with Crippen LogP contribution in [0.15, 0.2) is 42.5 Å². The largest absolute Gasteiger partial charge is 0.313 e. The molecule has 0 saturated carbocycles. The van der Waals surface area contributed by atoms with Crippen LogP contribution in [0.1, 0.15) is 35.2 Å². The van der Waals surface area contributed by atoms with E-state index in [-0.39, 0.29) is 11.9 Å². The Kier molecular flexibility index (Phi) is 4.91. The second kappa shape index (κ2) is 6.67. The van der Waals surface area contributed by atoms with E-state index in [1.807, 2.05) is 20.0 Å². The first-order valence-electron chi connectivity index (χ1n) is 7.15. The van der Waals surface area contributed by atoms with Crippen molar-refractivity contribution in [3.05, 3.63) is 70.5 Å². The van der Waals surface area contributed by atoms with Crippen molar-refractivity contribution in [3.63, 3.8) is 0 Å². The zero-order valence-corrected chi connectivity index (χ0v) is 12.4. The molecule has 1 N–H and O–H groups in total. The summed E-state index contributed by atoms with van der Waals surface area (Å²) >= 11 is 0. The topological polar surface area (TPSA) is 12.0 Å². The summed E-state index contributed by atoms with van der Waals surface area (Å²) in [5, 5.41) is 3.37. The summed E-state index contributed by atoms with van der Waals surface area (Å²) in [6.45, 7) is 4.20. The number of hydrogen-bond donors (Lipinski definition) is 1. The third-order valence-electron chi connectivity index (χ3n) is 3.90. The molecule has 2 heteroatoms. The lowest BCUT2D eigenvalue weighted by Gasteiger charge is -2.21. The molecule has 0 bridgehead atoms. The van der Waals surface area contributed by atoms with E-state index in [1.54, 1.807) is 6.07 Å². The Bertz CT molecular complexity index is 577. The highest BCUT2D eigenvalue weighted by Crippen LogP contribution is 2.24. The molecule has 1 nitrogen and oxygen atoms in total. The summed E-state index contributed by atoms with van der Waals surface area (Å²) in [5.74, 6) is -0.163. The van der Waals surface area contributed by atoms with Crippen LogP contribution in [0.2, 0.25) is 0 Å². The first kappa shape index (κ1) is 14.7. The van der Waals surface area contributed by atoms with Gasteiger partial charge in [0.05, 0.1) is 0 Å². The fourth-order valence-electron chi connectivity index (χ4n) is 2.64. The molecule has 0 heterocycles. The summed E-state index contributed by atoms with van der Waals surface area (Å²) < 4.78 is 13.4. The summed E-state index contributed by atoms with van der Waals surface area (Å²) in [6.07, 6.45) is 1.81. The fraction of sp³-hybridized carbons (Fsp3) is 0.333. The van der Waals surface area contributed by atoms with Gasteiger partial charge in [-0.05, 0) is 61.2 Å². The van der Waals surface area contributed by atoms with Crippen LogP contribution in [0.25, 0.3) is 0 Å². The highest BCUT2D eigenvalue weighted by molar-refractivity contribution is 5.34. The molecule has 0 aromatic heterocycles. The molecule has 0 amide bonds. The van der Waals surface area contributed by atoms with Crippen molar-refractivity contribution in [2.24, 2.45) is 0 Å². The molecule has 2 rings (SSSR count). The van der Waals surface area contributed by atoms with Gasteiger partial charge in [0.15, 0.2) is 0 Å². The van der Waals surface area contributed by atoms with Gasteiger partial charge in [0, 0.05) is 6.04 Å². The quantitative estimate of drug-likeness (QED) is 0.859. The summed E-state index contributed by atoms with van der Waals surface area (Å²) in [5.41, 5.74) is 4.86. The Balaban J connectivity index is 2.31. The SMILES string of the molecule is CCc1ccccc1C(Cc1cc(F)ccc1C)NC. The minimum absolute atomic E-state index is 0.163. The predicted octanol–water partition coefficient (Wildman–Crippen LogP) is 4.20. The third-order valence-corrected chi connectivity index (χ3v) is 3.90. The average Bonchev–Trinajstić information content (AvgIpc) is 2.48. The highest BCUT2D eigenvalue weighted by Gasteiger charge is 2.14. The van der Waals surface area contributed by atoms with Crippen LogP contribution in [0.4, 0.5) is 4.39 Å². The normalized spacial score (nSPS) is 12.4. The van der Waals surface area contributed by atoms with Crippen LogP contribution in [-0.4, -0.2) is 7.05 Å². The van der Waals surface area contributed by atoms with Crippen molar-refractivity contribution in [1.29, 1.82) is 0 Å². The molecule has 0 fully saturated rings. The van der Waals surface area contributed by atoms with E-state index in [9.17, 15) is 4.39 Å². The van der Waals surface area contributed by atoms with Gasteiger partial charge in [-0.3, -0.25) is 0 Å². The van der Waals surface area contributed by atoms with Gasteiger partial charge in [0.1, 0.15) is 5.82 Å². The minimum atomic E-state index is -0.163. The first-order chi connectivity index (χ1) is 9.65. The lowest BCUT2D eigenvalue weighted by Crippen LogP contribution is -2.20. The van der Waals surface area contributed by atoms with Crippen molar-refractivity contribution in [2.45, 2.75) is 32.7 Å². The van der Waals surface area contributed by atoms with Crippen molar-refractivity contribution in [2.75, 3.05) is 7.05 Å². The second-order valence-corrected chi connectivity index (χ2v) is 5.17. The molecule has 0 aliphatic carbocycles. The lowest BCUT2D eigenvalue weighted by molar-refractivity contribution is 0.578. The third kappa shape index (κ3) is 3.26. The average molecular weight is 271 g/mol. The fourth-order valence-corrected chi connectivity index (χ4v) is 2.64. The van der Waals surface area contributed by atoms with Gasteiger partial charge in [0.25, 0.3) is 0 Å². The Morgan fingerprint density at radius 3 is 2.55 bits per heavy atom. The Morgan fingerprint density at radius 1 is 1.10 bits per heavy atom. The van der Waals surface area contributed by atoms with Crippen LogP contribution >= 0.6 is 0 Å². The molecule has 2 aromatic carbocycles. The van der Waals surface area contributed by atoms with Crippen LogP contribution in [0.5, 0.6) is 0 Å². The number of likely N-dealkylation sites (N-methyl/N-ethyl adjacent to an activating group) is 1. The van der Waals surface area contributed by atoms with E-state index in [1.165, 1.54) is 17.2 Å². The van der Waals surface area contributed by atoms with Gasteiger partial charge in [-0.1, -0.05) is 37.3 Å². The molecule has 2 aromatic rings. The molecule has 0 spiro atoms. The van der Waals surface area contributed by atoms with Gasteiger partial charge < -0.3 is 5.32 Å². The van der Waals surface area contributed by atoms with Crippen molar-refractivity contribution in [3.8, 4) is 0 Å². The zero-order valence-electron chi connectivity index (χ0n) is 12.4. The molecule has 1 atom stereocenters. The predicted molar refractivity (Wildman–Crippen MR) is 82.5 cm³/mol. The number of rotatable bonds is 5. The second-order valence-electron chi connectivity index (χ2n) is 5.17. The van der Waals surface area contributed by atoms with E-state index >= 15 is 0 Å². The Morgan fingerprint density at radius 2 is 1.85 bits per heavy atom. The molecule has 0 aliphatic heterocycles. The van der Waals surface area contributed by atoms with Crippen LogP contribution in [-0.2, 0) is 12.8 Å². The smallest absolute Gasteiger partial charge is 0.123 e. The summed E-state index contributed by atoms with van der Waals surface area (Å²) in [6, 6.07) is 13.7. The number of aryl methyl sites for hydroxylation is 2. The molecule has 1 unspecified atom stereocenters. The maximum absolute atomic E-state index is 13.4. The Hall–Kier alpha value is -1.67. The van der Waals surface area contributed by atoms with Crippen molar-refractivity contribution < 1.29 is 4.39 Å². The number of hydrogen-bond acceptors (Lipinski definition) is 1. The standard InChI is InChI=1S/C18H22FN/c1-4-14-7-5-6-8-17(14)18(20-3)12-15-11-16(19)10-9-13(15)2/h5-11,18,20H,4,12H2,1-3H3. The van der Waals surface area contributed by atoms with Crippen molar-refractivity contribution in [1.82, 2.24) is 5.32 Å². The molecule has 0 saturated heterocycles. The van der Waals surface area contributed by atoms with E-state index in [0.29, 0.717) is 0 Å². The van der Waals surface area contributed by atoms with Crippen LogP contribution in [0.3, 0.4) is 0 Å². The first-order valence-corrected chi connectivity index (χ1v) is 7.15. The van der Waals surface area contributed by atoms with Gasteiger partial charge in [0.2, 0.25) is 0 Å². The molecular weight excluding hydrogens is 249 g/mol. The highest BCUT2D eigenvalue weighted by atomic mass is 19.1. The lowest BCUT2D eigenvalue weighted by atomic mass is 9.92. The van der Waals surface area contributed by atoms with Gasteiger partial charge in [-0.2, -0.15) is 0 Å². The summed E-state index contributed by atoms with van der Waals surface area (Å²) in [7, 11) is 1.96. The molecule has 20 heavy (non-hydrogen) atoms. The van der Waals surface area contributed by atoms with Crippen molar-refractivity contribution >= 4 is 0 Å². The van der Waals surface area contributed by atoms with Crippen LogP contribution < -0.4 is 5.32 Å². The van der Waals surface area contributed by atoms with E-state index in [2.05, 4.69) is 36.5 Å². The number of benzene rings is 2. The number of nitrogens with one attached hydrogen (secondary N) is 1. The van der Waals surface area contributed by atoms with E-state index in [0.717, 1.165) is 24.0 Å². The van der Waals surface area contributed by atoms with Crippen LogP contribution in [0, 0.1) is 12.7 Å².